The highest BCUT2D eigenvalue weighted by Crippen LogP contribution is 2.42. The number of carbonyl (C=O) groups is 2. The maximum atomic E-state index is 12.4. The summed E-state index contributed by atoms with van der Waals surface area (Å²) in [7, 11) is 1.66. The Morgan fingerprint density at radius 1 is 1.22 bits per heavy atom. The van der Waals surface area contributed by atoms with Gasteiger partial charge in [-0.1, -0.05) is 31.5 Å². The van der Waals surface area contributed by atoms with Crippen molar-refractivity contribution in [2.75, 3.05) is 38.7 Å². The zero-order valence-electron chi connectivity index (χ0n) is 21.2. The average molecular weight is 527 g/mol. The minimum Gasteiger partial charge on any atom is -0.550 e. The molecule has 9 nitrogen and oxygen atoms in total. The predicted octanol–water partition coefficient (Wildman–Crippen LogP) is 1.88. The lowest BCUT2D eigenvalue weighted by molar-refractivity contribution is -0.317. The van der Waals surface area contributed by atoms with Crippen molar-refractivity contribution in [3.63, 3.8) is 0 Å². The van der Waals surface area contributed by atoms with Crippen molar-refractivity contribution in [2.45, 2.75) is 44.6 Å². The van der Waals surface area contributed by atoms with Crippen molar-refractivity contribution in [1.82, 2.24) is 10.2 Å². The third kappa shape index (κ3) is 5.89. The third-order valence-electron chi connectivity index (χ3n) is 6.81. The maximum absolute atomic E-state index is 12.4. The summed E-state index contributed by atoms with van der Waals surface area (Å²) in [6, 6.07) is 9.19. The molecule has 2 heterocycles. The van der Waals surface area contributed by atoms with E-state index in [1.165, 1.54) is 0 Å². The van der Waals surface area contributed by atoms with Crippen molar-refractivity contribution in [2.24, 2.45) is 4.99 Å². The van der Waals surface area contributed by atoms with E-state index in [1.54, 1.807) is 19.2 Å². The van der Waals surface area contributed by atoms with Crippen LogP contribution in [0.2, 0.25) is 5.02 Å². The summed E-state index contributed by atoms with van der Waals surface area (Å²) in [5.41, 5.74) is 3.61. The lowest BCUT2D eigenvalue weighted by Gasteiger charge is -2.37. The standard InChI is InChI=1S/C27H33ClN4O5/c1-15(2)18-5-7-21-25(24(18)19(27(35)36)13-23(33)34)26(31-22-12-16(28)4-6-20(22)30-21)32-10-9-29-17(14-32)8-11-37-3/h4-7,12,15,17,19,29-30H,8-11,13-14H2,1-3H3,(H,33,34)(H,35,36)/p-2/t17?,19-/m0/s1. The smallest absolute Gasteiger partial charge is 0.139 e. The maximum Gasteiger partial charge on any atom is 0.139 e. The number of anilines is 2. The van der Waals surface area contributed by atoms with Crippen LogP contribution in [0, 0.1) is 0 Å². The summed E-state index contributed by atoms with van der Waals surface area (Å²) in [5, 5.41) is 31.4. The molecule has 2 aromatic rings. The number of carboxylic acid groups (broad SMARTS) is 2. The molecule has 2 aliphatic heterocycles. The molecular formula is C27H31ClN4O5-2. The molecule has 1 fully saturated rings. The van der Waals surface area contributed by atoms with Crippen molar-refractivity contribution >= 4 is 46.4 Å². The molecule has 0 aromatic heterocycles. The van der Waals surface area contributed by atoms with Crippen LogP contribution in [-0.4, -0.2) is 62.1 Å². The first-order chi connectivity index (χ1) is 17.7. The largest absolute Gasteiger partial charge is 0.550 e. The number of amidine groups is 1. The van der Waals surface area contributed by atoms with Gasteiger partial charge >= 0.3 is 0 Å². The molecule has 0 aliphatic carbocycles. The van der Waals surface area contributed by atoms with Crippen LogP contribution in [0.15, 0.2) is 35.3 Å². The summed E-state index contributed by atoms with van der Waals surface area (Å²) < 4.78 is 5.27. The molecule has 0 bridgehead atoms. The number of ether oxygens (including phenoxy) is 1. The van der Waals surface area contributed by atoms with Gasteiger partial charge in [-0.3, -0.25) is 0 Å². The van der Waals surface area contributed by atoms with Crippen LogP contribution in [0.3, 0.4) is 0 Å². The summed E-state index contributed by atoms with van der Waals surface area (Å²) in [6.07, 6.45) is 0.0850. The molecule has 2 atom stereocenters. The zero-order chi connectivity index (χ0) is 26.7. The highest BCUT2D eigenvalue weighted by Gasteiger charge is 2.32. The Kier molecular flexibility index (Phi) is 8.36. The topological polar surface area (TPSA) is 129 Å². The van der Waals surface area contributed by atoms with Crippen molar-refractivity contribution in [1.29, 1.82) is 0 Å². The second-order valence-corrected chi connectivity index (χ2v) is 10.1. The summed E-state index contributed by atoms with van der Waals surface area (Å²) in [4.78, 5) is 31.2. The lowest BCUT2D eigenvalue weighted by Crippen LogP contribution is -2.53. The fraction of sp³-hybridized carbons (Fsp3) is 0.444. The van der Waals surface area contributed by atoms with Crippen LogP contribution >= 0.6 is 11.6 Å². The molecule has 2 aliphatic rings. The molecule has 4 rings (SSSR count). The van der Waals surface area contributed by atoms with Gasteiger partial charge < -0.3 is 40.1 Å². The van der Waals surface area contributed by atoms with Gasteiger partial charge in [0.2, 0.25) is 0 Å². The average Bonchev–Trinajstić information content (AvgIpc) is 3.02. The van der Waals surface area contributed by atoms with Gasteiger partial charge in [0.05, 0.1) is 11.4 Å². The number of rotatable bonds is 8. The minimum absolute atomic E-state index is 0.0808. The molecule has 0 saturated carbocycles. The zero-order valence-corrected chi connectivity index (χ0v) is 21.9. The van der Waals surface area contributed by atoms with Crippen LogP contribution in [0.5, 0.6) is 0 Å². The number of piperazine rings is 1. The van der Waals surface area contributed by atoms with Crippen LogP contribution in [0.4, 0.5) is 17.1 Å². The number of carboxylic acids is 2. The number of aliphatic imine (C=N–C) groups is 1. The second kappa shape index (κ2) is 11.5. The minimum atomic E-state index is -1.47. The molecule has 1 unspecified atom stereocenters. The van der Waals surface area contributed by atoms with Crippen LogP contribution < -0.4 is 20.8 Å². The van der Waals surface area contributed by atoms with E-state index < -0.39 is 24.3 Å². The Morgan fingerprint density at radius 2 is 1.97 bits per heavy atom. The van der Waals surface area contributed by atoms with Gasteiger partial charge in [0.15, 0.2) is 0 Å². The van der Waals surface area contributed by atoms with E-state index in [0.29, 0.717) is 65.3 Å². The first-order valence-corrected chi connectivity index (χ1v) is 12.8. The normalized spacial score (nSPS) is 17.8. The fourth-order valence-corrected chi connectivity index (χ4v) is 5.21. The Morgan fingerprint density at radius 3 is 2.65 bits per heavy atom. The number of nitrogens with one attached hydrogen (secondary N) is 2. The number of benzene rings is 2. The van der Waals surface area contributed by atoms with E-state index in [-0.39, 0.29) is 12.0 Å². The molecule has 2 N–H and O–H groups in total. The Labute approximate surface area is 221 Å². The number of hydrogen-bond acceptors (Lipinski definition) is 9. The lowest BCUT2D eigenvalue weighted by atomic mass is 9.82. The van der Waals surface area contributed by atoms with Crippen LogP contribution in [-0.2, 0) is 14.3 Å². The monoisotopic (exact) mass is 526 g/mol. The van der Waals surface area contributed by atoms with Gasteiger partial charge in [-0.25, -0.2) is 4.99 Å². The molecule has 1 saturated heterocycles. The van der Waals surface area contributed by atoms with Gasteiger partial charge in [0.1, 0.15) is 5.84 Å². The highest BCUT2D eigenvalue weighted by molar-refractivity contribution is 6.31. The number of halogens is 1. The van der Waals surface area contributed by atoms with Crippen molar-refractivity contribution in [3.05, 3.63) is 52.0 Å². The summed E-state index contributed by atoms with van der Waals surface area (Å²) >= 11 is 6.31. The van der Waals surface area contributed by atoms with E-state index in [0.717, 1.165) is 12.0 Å². The number of nitrogens with zero attached hydrogens (tertiary/aromatic N) is 2. The summed E-state index contributed by atoms with van der Waals surface area (Å²) in [6.45, 7) is 6.41. The molecule has 0 amide bonds. The van der Waals surface area contributed by atoms with E-state index in [9.17, 15) is 19.8 Å². The molecule has 2 aromatic carbocycles. The predicted molar refractivity (Wildman–Crippen MR) is 139 cm³/mol. The highest BCUT2D eigenvalue weighted by atomic mass is 35.5. The molecule has 0 radical (unpaired) electrons. The van der Waals surface area contributed by atoms with Crippen LogP contribution in [0.1, 0.15) is 55.2 Å². The van der Waals surface area contributed by atoms with Crippen molar-refractivity contribution in [3.8, 4) is 0 Å². The van der Waals surface area contributed by atoms with E-state index >= 15 is 0 Å². The molecule has 0 spiro atoms. The summed E-state index contributed by atoms with van der Waals surface area (Å²) in [5.74, 6) is -3.86. The van der Waals surface area contributed by atoms with Gasteiger partial charge in [-0.15, -0.1) is 0 Å². The number of methoxy groups -OCH3 is 1. The van der Waals surface area contributed by atoms with Crippen LogP contribution in [0.25, 0.3) is 0 Å². The molecule has 37 heavy (non-hydrogen) atoms. The SMILES string of the molecule is COCCC1CN(C2=Nc3cc(Cl)ccc3Nc3ccc(C(C)C)c([C@H](CC(=O)[O-])C(=O)[O-])c32)CCN1. The third-order valence-corrected chi connectivity index (χ3v) is 7.04. The van der Waals surface area contributed by atoms with Gasteiger partial charge in [-0.05, 0) is 54.2 Å². The Bertz CT molecular complexity index is 1220. The van der Waals surface area contributed by atoms with E-state index in [1.807, 2.05) is 32.0 Å². The first kappa shape index (κ1) is 26.9. The van der Waals surface area contributed by atoms with Gasteiger partial charge in [0, 0.05) is 73.5 Å². The molecule has 10 heteroatoms. The number of aliphatic carboxylic acids is 2. The van der Waals surface area contributed by atoms with Gasteiger partial charge in [-0.2, -0.15) is 0 Å². The van der Waals surface area contributed by atoms with E-state index in [4.69, 9.17) is 21.3 Å². The Balaban J connectivity index is 1.97. The number of hydrogen-bond donors (Lipinski definition) is 2. The molecule has 198 valence electrons. The second-order valence-electron chi connectivity index (χ2n) is 9.69. The van der Waals surface area contributed by atoms with Gasteiger partial charge in [0.25, 0.3) is 0 Å². The van der Waals surface area contributed by atoms with Crippen molar-refractivity contribution < 1.29 is 24.5 Å². The first-order valence-electron chi connectivity index (χ1n) is 12.4. The Hall–Kier alpha value is -3.14. The van der Waals surface area contributed by atoms with E-state index in [2.05, 4.69) is 15.5 Å². The fourth-order valence-electron chi connectivity index (χ4n) is 5.05. The quantitative estimate of drug-likeness (QED) is 0.533. The number of carbonyl (C=O) groups excluding carboxylic acids is 2. The number of fused-ring (bicyclic) bond motifs is 2. The molecular weight excluding hydrogens is 496 g/mol.